The van der Waals surface area contributed by atoms with E-state index < -0.39 is 0 Å². The number of nitrogens with one attached hydrogen (secondary N) is 1. The van der Waals surface area contributed by atoms with Gasteiger partial charge in [0.15, 0.2) is 0 Å². The van der Waals surface area contributed by atoms with Crippen LogP contribution in [-0.2, 0) is 7.05 Å². The second-order valence-electron chi connectivity index (χ2n) is 4.56. The van der Waals surface area contributed by atoms with Gasteiger partial charge in [-0.1, -0.05) is 23.7 Å². The Balaban J connectivity index is 1.89. The van der Waals surface area contributed by atoms with Gasteiger partial charge in [-0.15, -0.1) is 11.8 Å². The molecular weight excluding hydrogens is 296 g/mol. The number of aromatic nitrogens is 2. The third kappa shape index (κ3) is 2.40. The molecule has 2 unspecified atom stereocenters. The summed E-state index contributed by atoms with van der Waals surface area (Å²) in [6.45, 7) is 0. The van der Waals surface area contributed by atoms with Crippen molar-refractivity contribution >= 4 is 23.4 Å². The predicted molar refractivity (Wildman–Crippen MR) is 79.9 cm³/mol. The maximum absolute atomic E-state index is 6.20. The zero-order chi connectivity index (χ0) is 14.1. The van der Waals surface area contributed by atoms with E-state index in [1.54, 1.807) is 22.6 Å². The van der Waals surface area contributed by atoms with Crippen molar-refractivity contribution in [1.82, 2.24) is 15.2 Å². The molecule has 2 aromatic rings. The summed E-state index contributed by atoms with van der Waals surface area (Å²) in [4.78, 5) is 1.15. The second kappa shape index (κ2) is 5.65. The summed E-state index contributed by atoms with van der Waals surface area (Å²) in [5.74, 6) is 7.39. The Hall–Kier alpha value is -1.21. The van der Waals surface area contributed by atoms with E-state index in [1.165, 1.54) is 0 Å². The van der Waals surface area contributed by atoms with Crippen LogP contribution in [0.3, 0.4) is 0 Å². The summed E-state index contributed by atoms with van der Waals surface area (Å²) in [5, 5.41) is 4.74. The molecule has 0 bridgehead atoms. The summed E-state index contributed by atoms with van der Waals surface area (Å²) in [7, 11) is 1.84. The number of hydrogen-bond acceptors (Lipinski definition) is 5. The van der Waals surface area contributed by atoms with Crippen molar-refractivity contribution in [2.75, 3.05) is 5.75 Å². The molecule has 1 aromatic heterocycles. The van der Waals surface area contributed by atoms with Crippen LogP contribution in [0.1, 0.15) is 11.7 Å². The van der Waals surface area contributed by atoms with E-state index in [2.05, 4.69) is 16.6 Å². The molecule has 0 fully saturated rings. The molecule has 3 N–H and O–H groups in total. The first-order chi connectivity index (χ1) is 9.70. The fraction of sp³-hybridized carbons (Fsp3) is 0.308. The van der Waals surface area contributed by atoms with Crippen LogP contribution in [0.5, 0.6) is 5.75 Å². The van der Waals surface area contributed by atoms with Gasteiger partial charge >= 0.3 is 0 Å². The van der Waals surface area contributed by atoms with E-state index >= 15 is 0 Å². The molecule has 1 aliphatic heterocycles. The average molecular weight is 311 g/mol. The summed E-state index contributed by atoms with van der Waals surface area (Å²) < 4.78 is 7.78. The Kier molecular flexibility index (Phi) is 3.89. The lowest BCUT2D eigenvalue weighted by Crippen LogP contribution is -2.43. The van der Waals surface area contributed by atoms with Gasteiger partial charge in [-0.05, 0) is 12.1 Å². The molecule has 1 aliphatic rings. The van der Waals surface area contributed by atoms with Crippen LogP contribution in [-0.4, -0.2) is 21.6 Å². The van der Waals surface area contributed by atoms with Gasteiger partial charge in [-0.25, -0.2) is 5.43 Å². The Morgan fingerprint density at radius 3 is 3.05 bits per heavy atom. The highest BCUT2D eigenvalue weighted by Gasteiger charge is 2.32. The number of thioether (sulfide) groups is 1. The van der Waals surface area contributed by atoms with Crippen molar-refractivity contribution in [3.05, 3.63) is 41.2 Å². The lowest BCUT2D eigenvalue weighted by Gasteiger charge is -2.31. The van der Waals surface area contributed by atoms with Gasteiger partial charge in [0, 0.05) is 17.7 Å². The number of nitrogens with two attached hydrogens (primary N) is 1. The highest BCUT2D eigenvalue weighted by atomic mass is 35.5. The molecule has 0 aliphatic carbocycles. The van der Waals surface area contributed by atoms with Crippen molar-refractivity contribution in [3.63, 3.8) is 0 Å². The van der Waals surface area contributed by atoms with Crippen molar-refractivity contribution in [2.24, 2.45) is 12.9 Å². The number of aryl methyl sites for hydroxylation is 1. The minimum Gasteiger partial charge on any atom is -0.486 e. The molecule has 20 heavy (non-hydrogen) atoms. The number of fused-ring (bicyclic) bond motifs is 1. The molecule has 2 heterocycles. The normalized spacial score (nSPS) is 19.2. The first kappa shape index (κ1) is 13.8. The molecule has 2 atom stereocenters. The fourth-order valence-electron chi connectivity index (χ4n) is 2.33. The lowest BCUT2D eigenvalue weighted by molar-refractivity contribution is 0.162. The quantitative estimate of drug-likeness (QED) is 0.671. The topological polar surface area (TPSA) is 65.1 Å². The molecule has 0 spiro atoms. The number of hydrazine groups is 1. The monoisotopic (exact) mass is 310 g/mol. The SMILES string of the molecule is Cn1ncc(Cl)c1C(NN)C1CSc2ccccc2O1. The molecular formula is C13H15ClN4OS. The standard InChI is InChI=1S/C13H15ClN4OS/c1-18-13(8(14)6-16-18)12(17-15)10-7-20-11-5-3-2-4-9(11)19-10/h2-6,10,12,17H,7,15H2,1H3. The Labute approximate surface area is 126 Å². The Morgan fingerprint density at radius 2 is 2.35 bits per heavy atom. The van der Waals surface area contributed by atoms with E-state index in [1.807, 2.05) is 25.2 Å². The van der Waals surface area contributed by atoms with Crippen molar-refractivity contribution < 1.29 is 4.74 Å². The van der Waals surface area contributed by atoms with E-state index in [9.17, 15) is 0 Å². The second-order valence-corrected chi connectivity index (χ2v) is 6.03. The number of nitrogens with zero attached hydrogens (tertiary/aromatic N) is 2. The van der Waals surface area contributed by atoms with Gasteiger partial charge in [0.2, 0.25) is 0 Å². The van der Waals surface area contributed by atoms with Crippen LogP contribution in [0.25, 0.3) is 0 Å². The van der Waals surface area contributed by atoms with E-state index in [4.69, 9.17) is 22.2 Å². The molecule has 106 valence electrons. The molecule has 0 saturated carbocycles. The smallest absolute Gasteiger partial charge is 0.133 e. The molecule has 5 nitrogen and oxygen atoms in total. The van der Waals surface area contributed by atoms with Gasteiger partial charge in [0.1, 0.15) is 17.9 Å². The van der Waals surface area contributed by atoms with E-state index in [-0.39, 0.29) is 12.1 Å². The highest BCUT2D eigenvalue weighted by molar-refractivity contribution is 7.99. The number of para-hydroxylation sites is 1. The zero-order valence-corrected chi connectivity index (χ0v) is 12.5. The van der Waals surface area contributed by atoms with Crippen LogP contribution < -0.4 is 16.0 Å². The third-order valence-electron chi connectivity index (χ3n) is 3.31. The number of halogens is 1. The van der Waals surface area contributed by atoms with Crippen molar-refractivity contribution in [2.45, 2.75) is 17.0 Å². The number of ether oxygens (including phenoxy) is 1. The first-order valence-electron chi connectivity index (χ1n) is 6.22. The maximum atomic E-state index is 6.20. The van der Waals surface area contributed by atoms with Crippen LogP contribution in [0.15, 0.2) is 35.4 Å². The lowest BCUT2D eigenvalue weighted by atomic mass is 10.1. The van der Waals surface area contributed by atoms with Crippen LogP contribution in [0, 0.1) is 0 Å². The molecule has 1 aromatic carbocycles. The van der Waals surface area contributed by atoms with Crippen molar-refractivity contribution in [3.8, 4) is 5.75 Å². The molecule has 0 amide bonds. The summed E-state index contributed by atoms with van der Waals surface area (Å²) in [5.41, 5.74) is 3.64. The fourth-order valence-corrected chi connectivity index (χ4v) is 3.65. The minimum atomic E-state index is -0.212. The van der Waals surface area contributed by atoms with Crippen LogP contribution in [0.4, 0.5) is 0 Å². The number of hydrogen-bond donors (Lipinski definition) is 2. The van der Waals surface area contributed by atoms with E-state index in [0.717, 1.165) is 22.1 Å². The zero-order valence-electron chi connectivity index (χ0n) is 10.9. The average Bonchev–Trinajstić information content (AvgIpc) is 2.80. The van der Waals surface area contributed by atoms with Gasteiger partial charge in [-0.2, -0.15) is 5.10 Å². The predicted octanol–water partition coefficient (Wildman–Crippen LogP) is 2.13. The minimum absolute atomic E-state index is 0.104. The van der Waals surface area contributed by atoms with Gasteiger partial charge in [-0.3, -0.25) is 10.5 Å². The first-order valence-corrected chi connectivity index (χ1v) is 7.59. The van der Waals surface area contributed by atoms with Gasteiger partial charge in [0.25, 0.3) is 0 Å². The van der Waals surface area contributed by atoms with E-state index in [0.29, 0.717) is 5.02 Å². The van der Waals surface area contributed by atoms with Gasteiger partial charge in [0.05, 0.1) is 16.9 Å². The van der Waals surface area contributed by atoms with Crippen molar-refractivity contribution in [1.29, 1.82) is 0 Å². The molecule has 7 heteroatoms. The molecule has 0 radical (unpaired) electrons. The third-order valence-corrected chi connectivity index (χ3v) is 4.75. The summed E-state index contributed by atoms with van der Waals surface area (Å²) >= 11 is 7.95. The van der Waals surface area contributed by atoms with Crippen LogP contribution in [0.2, 0.25) is 5.02 Å². The van der Waals surface area contributed by atoms with Gasteiger partial charge < -0.3 is 4.74 Å². The Morgan fingerprint density at radius 1 is 1.55 bits per heavy atom. The largest absolute Gasteiger partial charge is 0.486 e. The summed E-state index contributed by atoms with van der Waals surface area (Å²) in [6, 6.07) is 7.77. The molecule has 0 saturated heterocycles. The highest BCUT2D eigenvalue weighted by Crippen LogP contribution is 2.38. The van der Waals surface area contributed by atoms with Crippen LogP contribution >= 0.6 is 23.4 Å². The number of benzene rings is 1. The number of rotatable bonds is 3. The maximum Gasteiger partial charge on any atom is 0.133 e. The summed E-state index contributed by atoms with van der Waals surface area (Å²) in [6.07, 6.45) is 1.51. The molecule has 3 rings (SSSR count). The Bertz CT molecular complexity index is 599.